The SMILES string of the molecule is CC(=O)C=C(C)N[C@@H](CC(=O)O)C(=O)O.[K].[K]. The minimum Gasteiger partial charge on any atom is -0.481 e. The van der Waals surface area contributed by atoms with Crippen LogP contribution in [0.4, 0.5) is 0 Å². The minimum atomic E-state index is -1.27. The Labute approximate surface area is 184 Å². The number of hydrogen-bond acceptors (Lipinski definition) is 4. The zero-order valence-electron chi connectivity index (χ0n) is 10.5. The van der Waals surface area contributed by atoms with Crippen LogP contribution in [0.5, 0.6) is 0 Å². The van der Waals surface area contributed by atoms with Crippen LogP contribution in [0.15, 0.2) is 11.8 Å². The van der Waals surface area contributed by atoms with E-state index < -0.39 is 24.4 Å². The maximum absolute atomic E-state index is 10.6. The van der Waals surface area contributed by atoms with Crippen molar-refractivity contribution in [2.24, 2.45) is 0 Å². The van der Waals surface area contributed by atoms with E-state index in [2.05, 4.69) is 5.32 Å². The summed E-state index contributed by atoms with van der Waals surface area (Å²) in [6, 6.07) is -1.22. The molecular weight excluding hydrogens is 280 g/mol. The second kappa shape index (κ2) is 12.5. The van der Waals surface area contributed by atoms with Gasteiger partial charge in [-0.15, -0.1) is 0 Å². The van der Waals surface area contributed by atoms with Gasteiger partial charge >= 0.3 is 11.9 Å². The standard InChI is InChI=1S/C9H13NO5.2K/c1-5(3-6(2)11)10-7(9(14)15)4-8(12)13;;/h3,7,10H,4H2,1-2H3,(H,12,13)(H,14,15);;/t7-;;/m0../s1. The molecule has 0 aromatic rings. The van der Waals surface area contributed by atoms with Crippen LogP contribution < -0.4 is 5.32 Å². The largest absolute Gasteiger partial charge is 0.481 e. The van der Waals surface area contributed by atoms with Crippen molar-refractivity contribution in [1.29, 1.82) is 0 Å². The Bertz CT molecular complexity index is 317. The monoisotopic (exact) mass is 293 g/mol. The van der Waals surface area contributed by atoms with E-state index in [9.17, 15) is 14.4 Å². The van der Waals surface area contributed by atoms with Gasteiger partial charge in [0, 0.05) is 108 Å². The predicted molar refractivity (Wildman–Crippen MR) is 62.8 cm³/mol. The van der Waals surface area contributed by atoms with Crippen molar-refractivity contribution in [2.75, 3.05) is 0 Å². The quantitative estimate of drug-likeness (QED) is 0.439. The summed E-state index contributed by atoms with van der Waals surface area (Å²) >= 11 is 0. The molecule has 0 saturated heterocycles. The van der Waals surface area contributed by atoms with Crippen LogP contribution in [0.1, 0.15) is 20.3 Å². The van der Waals surface area contributed by atoms with Crippen molar-refractivity contribution >= 4 is 120 Å². The van der Waals surface area contributed by atoms with Gasteiger partial charge in [0.15, 0.2) is 5.78 Å². The second-order valence-electron chi connectivity index (χ2n) is 3.07. The predicted octanol–water partition coefficient (Wildman–Crippen LogP) is -0.765. The molecule has 0 bridgehead atoms. The summed E-state index contributed by atoms with van der Waals surface area (Å²) < 4.78 is 0. The van der Waals surface area contributed by atoms with Crippen molar-refractivity contribution in [3.63, 3.8) is 0 Å². The van der Waals surface area contributed by atoms with E-state index in [-0.39, 0.29) is 109 Å². The van der Waals surface area contributed by atoms with E-state index in [0.29, 0.717) is 5.70 Å². The summed E-state index contributed by atoms with van der Waals surface area (Å²) in [6.07, 6.45) is 0.663. The number of ketones is 1. The van der Waals surface area contributed by atoms with Gasteiger partial charge in [0.25, 0.3) is 0 Å². The summed E-state index contributed by atoms with van der Waals surface area (Å²) in [5, 5.41) is 19.5. The molecule has 8 heteroatoms. The van der Waals surface area contributed by atoms with Gasteiger partial charge in [-0.1, -0.05) is 0 Å². The average molecular weight is 293 g/mol. The third-order valence-corrected chi connectivity index (χ3v) is 1.50. The van der Waals surface area contributed by atoms with Crippen LogP contribution >= 0.6 is 0 Å². The third-order valence-electron chi connectivity index (χ3n) is 1.50. The summed E-state index contributed by atoms with van der Waals surface area (Å²) in [7, 11) is 0. The first kappa shape index (κ1) is 23.5. The number of aliphatic carboxylic acids is 2. The van der Waals surface area contributed by atoms with Crippen LogP contribution in [0.3, 0.4) is 0 Å². The second-order valence-corrected chi connectivity index (χ2v) is 3.07. The van der Waals surface area contributed by atoms with Gasteiger partial charge in [-0.05, 0) is 19.9 Å². The van der Waals surface area contributed by atoms with Gasteiger partial charge < -0.3 is 15.5 Å². The zero-order chi connectivity index (χ0) is 12.0. The topological polar surface area (TPSA) is 104 Å². The normalized spacial score (nSPS) is 11.5. The Morgan fingerprint density at radius 1 is 1.18 bits per heavy atom. The van der Waals surface area contributed by atoms with Gasteiger partial charge in [-0.2, -0.15) is 0 Å². The number of hydrogen-bond donors (Lipinski definition) is 3. The summed E-state index contributed by atoms with van der Waals surface area (Å²) in [4.78, 5) is 31.6. The molecule has 0 aliphatic heterocycles. The first-order chi connectivity index (χ1) is 6.82. The van der Waals surface area contributed by atoms with Gasteiger partial charge in [-0.3, -0.25) is 9.59 Å². The number of nitrogens with one attached hydrogen (secondary N) is 1. The molecule has 0 rings (SSSR count). The van der Waals surface area contributed by atoms with E-state index in [4.69, 9.17) is 10.2 Å². The molecule has 0 unspecified atom stereocenters. The van der Waals surface area contributed by atoms with Crippen molar-refractivity contribution in [1.82, 2.24) is 5.32 Å². The number of carboxylic acids is 2. The van der Waals surface area contributed by atoms with E-state index in [0.717, 1.165) is 0 Å². The zero-order valence-corrected chi connectivity index (χ0v) is 16.7. The molecule has 1 atom stereocenters. The molecule has 0 aliphatic carbocycles. The Balaban J connectivity index is -0.000000980. The number of carbonyl (C=O) groups is 3. The summed E-state index contributed by atoms with van der Waals surface area (Å²) in [5.41, 5.74) is 0.330. The fourth-order valence-corrected chi connectivity index (χ4v) is 0.996. The first-order valence-corrected chi connectivity index (χ1v) is 4.23. The van der Waals surface area contributed by atoms with Crippen LogP contribution in [-0.4, -0.2) is 137 Å². The van der Waals surface area contributed by atoms with Gasteiger partial charge in [0.05, 0.1) is 6.42 Å². The average Bonchev–Trinajstić information content (AvgIpc) is 1.99. The van der Waals surface area contributed by atoms with E-state index in [1.165, 1.54) is 19.9 Å². The van der Waals surface area contributed by atoms with E-state index in [1.54, 1.807) is 0 Å². The van der Waals surface area contributed by atoms with Crippen molar-refractivity contribution in [2.45, 2.75) is 26.3 Å². The molecule has 2 radical (unpaired) electrons. The molecule has 3 N–H and O–H groups in total. The Kier molecular flexibility index (Phi) is 17.2. The Hall–Kier alpha value is 1.42. The van der Waals surface area contributed by atoms with Gasteiger partial charge in [0.2, 0.25) is 0 Å². The number of carboxylic acid groups (broad SMARTS) is 2. The molecule has 0 saturated carbocycles. The van der Waals surface area contributed by atoms with Crippen molar-refractivity contribution < 1.29 is 24.6 Å². The number of rotatable bonds is 6. The van der Waals surface area contributed by atoms with Crippen LogP contribution in [0.25, 0.3) is 0 Å². The van der Waals surface area contributed by atoms with Gasteiger partial charge in [0.1, 0.15) is 6.04 Å². The Morgan fingerprint density at radius 2 is 1.65 bits per heavy atom. The fourth-order valence-electron chi connectivity index (χ4n) is 0.996. The molecule has 6 nitrogen and oxygen atoms in total. The van der Waals surface area contributed by atoms with E-state index in [1.807, 2.05) is 0 Å². The molecule has 0 aromatic heterocycles. The molecule has 86 valence electrons. The number of carbonyl (C=O) groups excluding carboxylic acids is 1. The van der Waals surface area contributed by atoms with E-state index >= 15 is 0 Å². The van der Waals surface area contributed by atoms with Crippen LogP contribution in [0, 0.1) is 0 Å². The minimum absolute atomic E-state index is 0. The van der Waals surface area contributed by atoms with Crippen molar-refractivity contribution in [3.8, 4) is 0 Å². The molecular formula is C9H13K2NO5. The molecule has 0 aromatic carbocycles. The molecule has 0 fully saturated rings. The Morgan fingerprint density at radius 3 is 1.94 bits per heavy atom. The smallest absolute Gasteiger partial charge is 0.326 e. The van der Waals surface area contributed by atoms with Crippen LogP contribution in [0.2, 0.25) is 0 Å². The summed E-state index contributed by atoms with van der Waals surface area (Å²) in [5.74, 6) is -2.72. The molecule has 17 heavy (non-hydrogen) atoms. The van der Waals surface area contributed by atoms with Crippen molar-refractivity contribution in [3.05, 3.63) is 11.8 Å². The maximum Gasteiger partial charge on any atom is 0.326 e. The van der Waals surface area contributed by atoms with Gasteiger partial charge in [-0.25, -0.2) is 4.79 Å². The number of allylic oxidation sites excluding steroid dienone is 2. The first-order valence-electron chi connectivity index (χ1n) is 4.23. The molecule has 0 amide bonds. The van der Waals surface area contributed by atoms with Crippen LogP contribution in [-0.2, 0) is 14.4 Å². The fraction of sp³-hybridized carbons (Fsp3) is 0.444. The maximum atomic E-state index is 10.6. The molecule has 0 aliphatic rings. The third kappa shape index (κ3) is 13.7. The molecule has 0 heterocycles. The molecule has 0 spiro atoms. The summed E-state index contributed by atoms with van der Waals surface area (Å²) in [6.45, 7) is 2.82.